The lowest BCUT2D eigenvalue weighted by Gasteiger charge is -2.26. The van der Waals surface area contributed by atoms with E-state index >= 15 is 0 Å². The van der Waals surface area contributed by atoms with Crippen molar-refractivity contribution < 1.29 is 17.5 Å². The average Bonchev–Trinajstić information content (AvgIpc) is 2.39. The Balaban J connectivity index is 3.04. The van der Waals surface area contributed by atoms with Crippen molar-refractivity contribution >= 4 is 16.9 Å². The number of amides is 1. The van der Waals surface area contributed by atoms with E-state index in [9.17, 15) is 13.2 Å². The summed E-state index contributed by atoms with van der Waals surface area (Å²) in [5, 5.41) is 0.795. The summed E-state index contributed by atoms with van der Waals surface area (Å²) in [5.74, 6) is -0.493. The number of hydrogen-bond acceptors (Lipinski definition) is 4. The zero-order valence-corrected chi connectivity index (χ0v) is 13.2. The van der Waals surface area contributed by atoms with Crippen LogP contribution in [-0.2, 0) is 20.1 Å². The molecule has 1 aliphatic rings. The lowest BCUT2D eigenvalue weighted by Crippen LogP contribution is -2.37. The molecule has 0 bridgehead atoms. The molecule has 1 aliphatic heterocycles. The van der Waals surface area contributed by atoms with Crippen LogP contribution < -0.4 is 0 Å². The predicted octanol–water partition coefficient (Wildman–Crippen LogP) is 2.24. The molecule has 5 nitrogen and oxygen atoms in total. The Morgan fingerprint density at radius 2 is 2.10 bits per heavy atom. The summed E-state index contributed by atoms with van der Waals surface area (Å²) in [7, 11) is -3.13. The third-order valence-corrected chi connectivity index (χ3v) is 3.27. The second-order valence-electron chi connectivity index (χ2n) is 4.56. The summed E-state index contributed by atoms with van der Waals surface area (Å²) >= 11 is 0. The molecule has 0 saturated heterocycles. The van der Waals surface area contributed by atoms with E-state index in [2.05, 4.69) is 10.9 Å². The fourth-order valence-electron chi connectivity index (χ4n) is 1.81. The van der Waals surface area contributed by atoms with Gasteiger partial charge in [0.25, 0.3) is 16.9 Å². The van der Waals surface area contributed by atoms with Gasteiger partial charge < -0.3 is 0 Å². The Hall–Kier alpha value is -1.92. The standard InChI is InChI=1S/C15H19NO4S/c1-5-7-11(2)8-6-9-14-13(4)12(3)10-16(15(14)17)20-21(18)19/h5-9,21H,3,10H2,1-2,4H3/b7-5-,9-6-,11-8+. The Morgan fingerprint density at radius 1 is 1.43 bits per heavy atom. The second kappa shape index (κ2) is 7.75. The molecule has 21 heavy (non-hydrogen) atoms. The maximum atomic E-state index is 12.2. The van der Waals surface area contributed by atoms with E-state index in [0.29, 0.717) is 11.1 Å². The summed E-state index contributed by atoms with van der Waals surface area (Å²) in [4.78, 5) is 12.2. The van der Waals surface area contributed by atoms with Gasteiger partial charge in [0.05, 0.1) is 6.54 Å². The Bertz CT molecular complexity index is 628. The van der Waals surface area contributed by atoms with Gasteiger partial charge in [0.1, 0.15) is 0 Å². The van der Waals surface area contributed by atoms with Crippen LogP contribution in [0.4, 0.5) is 0 Å². The zero-order valence-electron chi connectivity index (χ0n) is 12.3. The number of carbonyl (C=O) groups excluding carboxylic acids is 1. The van der Waals surface area contributed by atoms with Gasteiger partial charge in [0, 0.05) is 5.57 Å². The number of hydrogen-bond donors (Lipinski definition) is 1. The molecule has 1 rings (SSSR count). The maximum absolute atomic E-state index is 12.2. The summed E-state index contributed by atoms with van der Waals surface area (Å²) in [5.41, 5.74) is 2.77. The van der Waals surface area contributed by atoms with Gasteiger partial charge in [-0.15, -0.1) is 4.28 Å². The van der Waals surface area contributed by atoms with Gasteiger partial charge in [-0.1, -0.05) is 36.5 Å². The molecule has 0 spiro atoms. The van der Waals surface area contributed by atoms with Crippen molar-refractivity contribution in [2.24, 2.45) is 0 Å². The number of rotatable bonds is 5. The molecule has 1 amide bonds. The molecule has 0 aromatic carbocycles. The summed E-state index contributed by atoms with van der Waals surface area (Å²) in [6.07, 6.45) is 9.07. The molecule has 6 heteroatoms. The van der Waals surface area contributed by atoms with Crippen LogP contribution in [0.1, 0.15) is 20.8 Å². The van der Waals surface area contributed by atoms with Crippen LogP contribution in [0.5, 0.6) is 0 Å². The highest BCUT2D eigenvalue weighted by atomic mass is 32.2. The molecule has 0 unspecified atom stereocenters. The van der Waals surface area contributed by atoms with Crippen LogP contribution in [0.3, 0.4) is 0 Å². The lowest BCUT2D eigenvalue weighted by molar-refractivity contribution is -0.149. The van der Waals surface area contributed by atoms with Crippen LogP contribution in [0, 0.1) is 0 Å². The smallest absolute Gasteiger partial charge is 0.267 e. The van der Waals surface area contributed by atoms with Gasteiger partial charge in [0.15, 0.2) is 0 Å². The molecule has 1 heterocycles. The van der Waals surface area contributed by atoms with Gasteiger partial charge in [-0.05, 0) is 38.0 Å². The minimum atomic E-state index is -3.13. The van der Waals surface area contributed by atoms with Gasteiger partial charge >= 0.3 is 0 Å². The van der Waals surface area contributed by atoms with E-state index in [1.807, 2.05) is 32.1 Å². The monoisotopic (exact) mass is 309 g/mol. The van der Waals surface area contributed by atoms with E-state index in [1.54, 1.807) is 19.1 Å². The average molecular weight is 309 g/mol. The van der Waals surface area contributed by atoms with E-state index in [4.69, 9.17) is 0 Å². The number of nitrogens with zero attached hydrogens (tertiary/aromatic N) is 1. The van der Waals surface area contributed by atoms with Crippen molar-refractivity contribution in [2.45, 2.75) is 20.8 Å². The predicted molar refractivity (Wildman–Crippen MR) is 82.7 cm³/mol. The van der Waals surface area contributed by atoms with Crippen molar-refractivity contribution in [3.05, 3.63) is 59.3 Å². The Morgan fingerprint density at radius 3 is 2.67 bits per heavy atom. The fourth-order valence-corrected chi connectivity index (χ4v) is 2.10. The highest BCUT2D eigenvalue weighted by Gasteiger charge is 2.27. The van der Waals surface area contributed by atoms with Gasteiger partial charge in [-0.3, -0.25) is 4.79 Å². The highest BCUT2D eigenvalue weighted by Crippen LogP contribution is 2.23. The van der Waals surface area contributed by atoms with Crippen LogP contribution in [0.25, 0.3) is 0 Å². The van der Waals surface area contributed by atoms with Crippen LogP contribution in [0.2, 0.25) is 0 Å². The van der Waals surface area contributed by atoms with Crippen molar-refractivity contribution in [1.29, 1.82) is 0 Å². The van der Waals surface area contributed by atoms with Gasteiger partial charge in [-0.2, -0.15) is 5.06 Å². The quantitative estimate of drug-likeness (QED) is 0.625. The minimum Gasteiger partial charge on any atom is -0.267 e. The van der Waals surface area contributed by atoms with Crippen LogP contribution in [0.15, 0.2) is 59.3 Å². The molecule has 0 saturated carbocycles. The molecule has 0 atom stereocenters. The van der Waals surface area contributed by atoms with Gasteiger partial charge in [0.2, 0.25) is 0 Å². The zero-order chi connectivity index (χ0) is 16.0. The number of thiol groups is 1. The molecule has 0 aliphatic carbocycles. The number of hydroxylamine groups is 2. The van der Waals surface area contributed by atoms with Crippen LogP contribution >= 0.6 is 0 Å². The molecule has 0 radical (unpaired) electrons. The molecular formula is C15H19NO4S. The van der Waals surface area contributed by atoms with E-state index in [1.165, 1.54) is 0 Å². The molecule has 0 aromatic rings. The van der Waals surface area contributed by atoms with Crippen molar-refractivity contribution in [3.63, 3.8) is 0 Å². The first kappa shape index (κ1) is 17.1. The lowest BCUT2D eigenvalue weighted by atomic mass is 9.97. The summed E-state index contributed by atoms with van der Waals surface area (Å²) < 4.78 is 25.7. The third kappa shape index (κ3) is 4.84. The number of allylic oxidation sites excluding steroid dienone is 5. The first-order valence-corrected chi connectivity index (χ1v) is 7.47. The van der Waals surface area contributed by atoms with Crippen LogP contribution in [-0.4, -0.2) is 25.9 Å². The highest BCUT2D eigenvalue weighted by molar-refractivity contribution is 7.67. The van der Waals surface area contributed by atoms with E-state index in [0.717, 1.165) is 16.2 Å². The topological polar surface area (TPSA) is 63.7 Å². The Kier molecular flexibility index (Phi) is 6.33. The first-order valence-electron chi connectivity index (χ1n) is 6.37. The van der Waals surface area contributed by atoms with Crippen molar-refractivity contribution in [2.75, 3.05) is 6.54 Å². The van der Waals surface area contributed by atoms with Gasteiger partial charge in [-0.25, -0.2) is 8.42 Å². The fraction of sp³-hybridized carbons (Fsp3) is 0.267. The molecule has 0 aromatic heterocycles. The largest absolute Gasteiger partial charge is 0.279 e. The van der Waals surface area contributed by atoms with Crippen molar-refractivity contribution in [1.82, 2.24) is 5.06 Å². The molecule has 0 N–H and O–H groups in total. The minimum absolute atomic E-state index is 0.0404. The molecular weight excluding hydrogens is 290 g/mol. The normalized spacial score (nSPS) is 17.9. The maximum Gasteiger partial charge on any atom is 0.279 e. The SMILES string of the molecule is C=C1CN(O[SH](=O)=O)C(=O)C(\C=C/C=C(C)/C=C\C)=C1C. The van der Waals surface area contributed by atoms with E-state index in [-0.39, 0.29) is 6.54 Å². The number of carbonyl (C=O) groups is 1. The van der Waals surface area contributed by atoms with Crippen molar-refractivity contribution in [3.8, 4) is 0 Å². The molecule has 0 fully saturated rings. The molecule has 114 valence electrons. The summed E-state index contributed by atoms with van der Waals surface area (Å²) in [6, 6.07) is 0. The first-order chi connectivity index (χ1) is 9.86. The van der Waals surface area contributed by atoms with E-state index < -0.39 is 16.9 Å². The second-order valence-corrected chi connectivity index (χ2v) is 5.17. The summed E-state index contributed by atoms with van der Waals surface area (Å²) in [6.45, 7) is 9.49. The third-order valence-electron chi connectivity index (χ3n) is 2.94. The Labute approximate surface area is 126 Å².